The van der Waals surface area contributed by atoms with E-state index >= 15 is 0 Å². The summed E-state index contributed by atoms with van der Waals surface area (Å²) >= 11 is 1.75. The highest BCUT2D eigenvalue weighted by atomic mass is 32.1. The number of rotatable bonds is 4. The molecule has 30 heavy (non-hydrogen) atoms. The second-order valence-electron chi connectivity index (χ2n) is 7.61. The molecule has 6 heteroatoms. The maximum atomic E-state index is 12.8. The number of nitrogens with zero attached hydrogens (tertiary/aromatic N) is 1. The summed E-state index contributed by atoms with van der Waals surface area (Å²) in [5.74, 6) is 1.40. The number of nitrogens with one attached hydrogen (secondary N) is 1. The lowest BCUT2D eigenvalue weighted by Crippen LogP contribution is -2.36. The van der Waals surface area contributed by atoms with E-state index in [-0.39, 0.29) is 30.7 Å². The summed E-state index contributed by atoms with van der Waals surface area (Å²) in [5.41, 5.74) is 3.09. The number of hydrogen-bond donors (Lipinski definition) is 1. The van der Waals surface area contributed by atoms with Crippen molar-refractivity contribution in [3.05, 3.63) is 81.5 Å². The van der Waals surface area contributed by atoms with Gasteiger partial charge in [-0.2, -0.15) is 0 Å². The molecule has 0 atom stereocenters. The molecule has 1 aromatic heterocycles. The molecule has 0 aliphatic carbocycles. The third-order valence-corrected chi connectivity index (χ3v) is 6.73. The summed E-state index contributed by atoms with van der Waals surface area (Å²) in [6, 6.07) is 17.3. The monoisotopic (exact) mass is 418 g/mol. The minimum Gasteiger partial charge on any atom is -0.457 e. The Hall–Kier alpha value is -3.12. The minimum absolute atomic E-state index is 0.0368. The topological polar surface area (TPSA) is 58.6 Å². The van der Waals surface area contributed by atoms with Gasteiger partial charge in [0.05, 0.1) is 6.04 Å². The molecule has 5 rings (SSSR count). The first kappa shape index (κ1) is 18.9. The van der Waals surface area contributed by atoms with Crippen LogP contribution in [0.25, 0.3) is 0 Å². The SMILES string of the molecule is O=C(CCC(=O)N1CCc2sccc2C1)NC1c2ccccc2Oc2ccccc21. The number of para-hydroxylation sites is 2. The molecule has 3 heterocycles. The van der Waals surface area contributed by atoms with Crippen LogP contribution in [0.2, 0.25) is 0 Å². The fraction of sp³-hybridized carbons (Fsp3) is 0.250. The van der Waals surface area contributed by atoms with E-state index in [2.05, 4.69) is 16.8 Å². The molecule has 0 saturated carbocycles. The van der Waals surface area contributed by atoms with Crippen LogP contribution in [0.4, 0.5) is 0 Å². The third-order valence-electron chi connectivity index (χ3n) is 5.71. The Morgan fingerprint density at radius 2 is 1.70 bits per heavy atom. The highest BCUT2D eigenvalue weighted by Gasteiger charge is 2.28. The molecule has 0 radical (unpaired) electrons. The lowest BCUT2D eigenvalue weighted by molar-refractivity contribution is -0.134. The van der Waals surface area contributed by atoms with Gasteiger partial charge in [-0.25, -0.2) is 0 Å². The zero-order valence-corrected chi connectivity index (χ0v) is 17.3. The minimum atomic E-state index is -0.280. The smallest absolute Gasteiger partial charge is 0.223 e. The molecule has 2 amide bonds. The van der Waals surface area contributed by atoms with Gasteiger partial charge >= 0.3 is 0 Å². The van der Waals surface area contributed by atoms with E-state index in [1.54, 1.807) is 11.3 Å². The first-order valence-corrected chi connectivity index (χ1v) is 11.0. The maximum Gasteiger partial charge on any atom is 0.223 e. The summed E-state index contributed by atoms with van der Waals surface area (Å²) in [6.07, 6.45) is 1.30. The highest BCUT2D eigenvalue weighted by molar-refractivity contribution is 7.10. The van der Waals surface area contributed by atoms with E-state index in [9.17, 15) is 9.59 Å². The van der Waals surface area contributed by atoms with Crippen molar-refractivity contribution in [1.82, 2.24) is 10.2 Å². The average molecular weight is 419 g/mol. The summed E-state index contributed by atoms with van der Waals surface area (Å²) in [4.78, 5) is 28.6. The van der Waals surface area contributed by atoms with Crippen molar-refractivity contribution in [1.29, 1.82) is 0 Å². The van der Waals surface area contributed by atoms with Gasteiger partial charge in [-0.15, -0.1) is 11.3 Å². The largest absolute Gasteiger partial charge is 0.457 e. The normalized spacial score (nSPS) is 14.9. The number of amides is 2. The van der Waals surface area contributed by atoms with Crippen molar-refractivity contribution in [2.45, 2.75) is 31.8 Å². The fourth-order valence-corrected chi connectivity index (χ4v) is 5.03. The summed E-state index contributed by atoms with van der Waals surface area (Å²) in [7, 11) is 0. The molecule has 2 aliphatic rings. The molecule has 0 unspecified atom stereocenters. The average Bonchev–Trinajstić information content (AvgIpc) is 3.25. The molecular weight excluding hydrogens is 396 g/mol. The molecule has 1 N–H and O–H groups in total. The molecule has 2 aromatic carbocycles. The van der Waals surface area contributed by atoms with E-state index < -0.39 is 0 Å². The van der Waals surface area contributed by atoms with Crippen LogP contribution in [0.5, 0.6) is 11.5 Å². The van der Waals surface area contributed by atoms with Crippen molar-refractivity contribution in [3.63, 3.8) is 0 Å². The van der Waals surface area contributed by atoms with E-state index in [1.165, 1.54) is 10.4 Å². The second-order valence-corrected chi connectivity index (χ2v) is 8.61. The van der Waals surface area contributed by atoms with Crippen molar-refractivity contribution in [2.24, 2.45) is 0 Å². The van der Waals surface area contributed by atoms with Crippen LogP contribution in [0, 0.1) is 0 Å². The first-order valence-electron chi connectivity index (χ1n) is 10.2. The zero-order chi connectivity index (χ0) is 20.5. The Morgan fingerprint density at radius 1 is 1.00 bits per heavy atom. The quantitative estimate of drug-likeness (QED) is 0.682. The van der Waals surface area contributed by atoms with Crippen molar-refractivity contribution < 1.29 is 14.3 Å². The predicted octanol–water partition coefficient (Wildman–Crippen LogP) is 4.42. The van der Waals surface area contributed by atoms with Crippen molar-refractivity contribution >= 4 is 23.2 Å². The number of hydrogen-bond acceptors (Lipinski definition) is 4. The molecule has 0 spiro atoms. The van der Waals surface area contributed by atoms with Gasteiger partial charge in [0.15, 0.2) is 0 Å². The third kappa shape index (κ3) is 3.59. The van der Waals surface area contributed by atoms with Gasteiger partial charge in [-0.05, 0) is 35.6 Å². The predicted molar refractivity (Wildman–Crippen MR) is 116 cm³/mol. The van der Waals surface area contributed by atoms with Gasteiger partial charge in [0.25, 0.3) is 0 Å². The lowest BCUT2D eigenvalue weighted by atomic mass is 9.94. The first-order chi connectivity index (χ1) is 14.7. The maximum absolute atomic E-state index is 12.8. The number of fused-ring (bicyclic) bond motifs is 3. The number of carbonyl (C=O) groups excluding carboxylic acids is 2. The number of ether oxygens (including phenoxy) is 1. The molecule has 0 fully saturated rings. The van der Waals surface area contributed by atoms with E-state index in [1.807, 2.05) is 53.4 Å². The second kappa shape index (κ2) is 7.95. The van der Waals surface area contributed by atoms with E-state index in [0.717, 1.165) is 35.6 Å². The van der Waals surface area contributed by atoms with Crippen molar-refractivity contribution in [2.75, 3.05) is 6.54 Å². The molecule has 5 nitrogen and oxygen atoms in total. The highest BCUT2D eigenvalue weighted by Crippen LogP contribution is 2.42. The number of carbonyl (C=O) groups is 2. The van der Waals surface area contributed by atoms with Crippen LogP contribution >= 0.6 is 11.3 Å². The van der Waals surface area contributed by atoms with E-state index in [0.29, 0.717) is 6.54 Å². The molecular formula is C24H22N2O3S. The van der Waals surface area contributed by atoms with Gasteiger partial charge in [0, 0.05) is 41.9 Å². The van der Waals surface area contributed by atoms with Gasteiger partial charge in [0.1, 0.15) is 11.5 Å². The van der Waals surface area contributed by atoms with Crippen LogP contribution in [-0.2, 0) is 22.6 Å². The van der Waals surface area contributed by atoms with Crippen LogP contribution in [0.3, 0.4) is 0 Å². The Balaban J connectivity index is 1.25. The summed E-state index contributed by atoms with van der Waals surface area (Å²) in [6.45, 7) is 1.38. The van der Waals surface area contributed by atoms with Gasteiger partial charge < -0.3 is 15.0 Å². The van der Waals surface area contributed by atoms with Crippen molar-refractivity contribution in [3.8, 4) is 11.5 Å². The summed E-state index contributed by atoms with van der Waals surface area (Å²) in [5, 5.41) is 5.19. The Kier molecular flexibility index (Phi) is 5.01. The molecule has 152 valence electrons. The van der Waals surface area contributed by atoms with Crippen LogP contribution < -0.4 is 10.1 Å². The zero-order valence-electron chi connectivity index (χ0n) is 16.5. The van der Waals surface area contributed by atoms with Gasteiger partial charge in [-0.1, -0.05) is 36.4 Å². The lowest BCUT2D eigenvalue weighted by Gasteiger charge is -2.29. The molecule has 3 aromatic rings. The molecule has 0 bridgehead atoms. The summed E-state index contributed by atoms with van der Waals surface area (Å²) < 4.78 is 5.98. The number of thiophene rings is 1. The molecule has 0 saturated heterocycles. The van der Waals surface area contributed by atoms with Crippen LogP contribution in [-0.4, -0.2) is 23.3 Å². The molecule has 2 aliphatic heterocycles. The standard InChI is InChI=1S/C24H22N2O3S/c27-22(9-10-23(28)26-13-11-21-16(15-26)12-14-30-21)25-24-17-5-1-3-7-19(17)29-20-8-4-2-6-18(20)24/h1-8,12,14,24H,9-11,13,15H2,(H,25,27). The van der Waals surface area contributed by atoms with E-state index in [4.69, 9.17) is 4.74 Å². The van der Waals surface area contributed by atoms with Gasteiger partial charge in [-0.3, -0.25) is 9.59 Å². The number of benzene rings is 2. The van der Waals surface area contributed by atoms with Crippen LogP contribution in [0.15, 0.2) is 60.0 Å². The van der Waals surface area contributed by atoms with Gasteiger partial charge in [0.2, 0.25) is 11.8 Å². The van der Waals surface area contributed by atoms with Crippen LogP contribution in [0.1, 0.15) is 40.5 Å². The Morgan fingerprint density at radius 3 is 2.43 bits per heavy atom. The Labute approximate surface area is 179 Å². The fourth-order valence-electron chi connectivity index (χ4n) is 4.14. The Bertz CT molecular complexity index is 1060.